The van der Waals surface area contributed by atoms with E-state index in [1.54, 1.807) is 12.1 Å². The summed E-state index contributed by atoms with van der Waals surface area (Å²) < 4.78 is 2.31. The fourth-order valence-electron chi connectivity index (χ4n) is 3.47. The maximum absolute atomic E-state index is 11.8. The van der Waals surface area contributed by atoms with Crippen molar-refractivity contribution in [3.63, 3.8) is 0 Å². The molecule has 23 heavy (non-hydrogen) atoms. The molecule has 4 heteroatoms. The molecule has 1 aromatic carbocycles. The third-order valence-corrected chi connectivity index (χ3v) is 4.73. The topological polar surface area (TPSA) is 41.0 Å². The minimum atomic E-state index is 0.0759. The summed E-state index contributed by atoms with van der Waals surface area (Å²) in [4.78, 5) is 17.6. The summed E-state index contributed by atoms with van der Waals surface area (Å²) in [5.74, 6) is 0. The number of pyridine rings is 1. The highest BCUT2D eigenvalue weighted by Gasteiger charge is 2.13. The molecule has 0 atom stereocenters. The van der Waals surface area contributed by atoms with Crippen molar-refractivity contribution < 1.29 is 0 Å². The quantitative estimate of drug-likeness (QED) is 0.756. The van der Waals surface area contributed by atoms with Crippen molar-refractivity contribution in [3.8, 4) is 0 Å². The fraction of sp³-hybridized carbons (Fsp3) is 0.421. The van der Waals surface area contributed by atoms with E-state index >= 15 is 0 Å². The Labute approximate surface area is 136 Å². The van der Waals surface area contributed by atoms with Gasteiger partial charge in [0, 0.05) is 35.3 Å². The van der Waals surface area contributed by atoms with Gasteiger partial charge in [0.15, 0.2) is 5.43 Å². The van der Waals surface area contributed by atoms with Gasteiger partial charge in [-0.25, -0.2) is 0 Å². The summed E-state index contributed by atoms with van der Waals surface area (Å²) in [6, 6.07) is 7.50. The molecule has 0 amide bonds. The Morgan fingerprint density at radius 1 is 1.13 bits per heavy atom. The number of aromatic nitrogens is 2. The zero-order valence-corrected chi connectivity index (χ0v) is 14.2. The van der Waals surface area contributed by atoms with Crippen LogP contribution in [0, 0.1) is 6.92 Å². The van der Waals surface area contributed by atoms with Gasteiger partial charge in [-0.15, -0.1) is 0 Å². The molecule has 4 nitrogen and oxygen atoms in total. The van der Waals surface area contributed by atoms with Crippen LogP contribution < -0.4 is 5.43 Å². The van der Waals surface area contributed by atoms with Gasteiger partial charge < -0.3 is 14.5 Å². The molecule has 122 valence electrons. The van der Waals surface area contributed by atoms with Gasteiger partial charge in [0.05, 0.1) is 11.0 Å². The molecule has 0 unspecified atom stereocenters. The molecular formula is C19H25N3O. The van der Waals surface area contributed by atoms with Gasteiger partial charge in [0.1, 0.15) is 0 Å². The van der Waals surface area contributed by atoms with E-state index in [1.165, 1.54) is 16.3 Å². The molecule has 0 aliphatic carbocycles. The number of benzene rings is 1. The Kier molecular flexibility index (Phi) is 4.53. The molecule has 1 N–H and O–H groups in total. The lowest BCUT2D eigenvalue weighted by Gasteiger charge is -2.18. The van der Waals surface area contributed by atoms with E-state index in [1.807, 2.05) is 12.3 Å². The van der Waals surface area contributed by atoms with Gasteiger partial charge in [0.2, 0.25) is 0 Å². The Bertz CT molecular complexity index is 871. The van der Waals surface area contributed by atoms with Crippen molar-refractivity contribution in [1.29, 1.82) is 0 Å². The number of rotatable bonds is 6. The zero-order valence-electron chi connectivity index (χ0n) is 14.2. The number of aryl methyl sites for hydroxylation is 2. The van der Waals surface area contributed by atoms with Crippen molar-refractivity contribution in [3.05, 3.63) is 46.4 Å². The van der Waals surface area contributed by atoms with Crippen LogP contribution in [0.4, 0.5) is 0 Å². The highest BCUT2D eigenvalue weighted by Crippen LogP contribution is 2.29. The number of aromatic amines is 1. The lowest BCUT2D eigenvalue weighted by atomic mass is 10.2. The number of fused-ring (bicyclic) bond motifs is 3. The number of nitrogens with zero attached hydrogens (tertiary/aromatic N) is 2. The van der Waals surface area contributed by atoms with Gasteiger partial charge in [-0.05, 0) is 51.2 Å². The predicted molar refractivity (Wildman–Crippen MR) is 97.2 cm³/mol. The minimum Gasteiger partial charge on any atom is -0.364 e. The second-order valence-electron chi connectivity index (χ2n) is 6.08. The SMILES string of the molecule is CCN(CC)CCCn1c2cc(=O)ccc2c2cc[nH]c(C)c21. The highest BCUT2D eigenvalue weighted by molar-refractivity contribution is 6.08. The Balaban J connectivity index is 2.05. The average molecular weight is 311 g/mol. The van der Waals surface area contributed by atoms with E-state index in [0.29, 0.717) is 0 Å². The molecule has 0 fully saturated rings. The maximum Gasteiger partial charge on any atom is 0.180 e. The van der Waals surface area contributed by atoms with Crippen molar-refractivity contribution in [2.75, 3.05) is 19.6 Å². The summed E-state index contributed by atoms with van der Waals surface area (Å²) in [5.41, 5.74) is 3.49. The second-order valence-corrected chi connectivity index (χ2v) is 6.08. The third-order valence-electron chi connectivity index (χ3n) is 4.73. The first-order valence-corrected chi connectivity index (χ1v) is 8.48. The normalized spacial score (nSPS) is 11.8. The molecule has 0 spiro atoms. The molecule has 3 aromatic rings. The molecule has 0 aliphatic heterocycles. The monoisotopic (exact) mass is 311 g/mol. The fourth-order valence-corrected chi connectivity index (χ4v) is 3.47. The summed E-state index contributed by atoms with van der Waals surface area (Å²) in [6.45, 7) is 10.7. The van der Waals surface area contributed by atoms with E-state index in [2.05, 4.69) is 41.3 Å². The van der Waals surface area contributed by atoms with Crippen LogP contribution in [-0.4, -0.2) is 34.1 Å². The second kappa shape index (κ2) is 6.59. The lowest BCUT2D eigenvalue weighted by Crippen LogP contribution is -2.24. The molecule has 0 saturated heterocycles. The van der Waals surface area contributed by atoms with Crippen molar-refractivity contribution in [2.24, 2.45) is 0 Å². The van der Waals surface area contributed by atoms with Gasteiger partial charge in [-0.1, -0.05) is 13.8 Å². The smallest absolute Gasteiger partial charge is 0.180 e. The Morgan fingerprint density at radius 2 is 1.91 bits per heavy atom. The number of hydrogen-bond acceptors (Lipinski definition) is 2. The predicted octanol–water partition coefficient (Wildman–Crippen LogP) is 3.52. The standard InChI is InChI=1S/C19H25N3O/c1-4-21(5-2)11-6-12-22-18-13-15(23)7-8-16(18)17-9-10-20-14(3)19(17)22/h7-10,13,20H,4-6,11-12H2,1-3H3. The van der Waals surface area contributed by atoms with Crippen LogP contribution >= 0.6 is 0 Å². The molecule has 0 aliphatic rings. The van der Waals surface area contributed by atoms with Crippen LogP contribution in [0.3, 0.4) is 0 Å². The molecule has 2 aromatic heterocycles. The van der Waals surface area contributed by atoms with Crippen LogP contribution in [0.2, 0.25) is 0 Å². The van der Waals surface area contributed by atoms with Crippen LogP contribution in [0.25, 0.3) is 21.8 Å². The van der Waals surface area contributed by atoms with Gasteiger partial charge in [-0.2, -0.15) is 0 Å². The van der Waals surface area contributed by atoms with Crippen LogP contribution in [0.1, 0.15) is 26.0 Å². The van der Waals surface area contributed by atoms with E-state index in [-0.39, 0.29) is 5.43 Å². The van der Waals surface area contributed by atoms with Crippen molar-refractivity contribution in [1.82, 2.24) is 14.5 Å². The van der Waals surface area contributed by atoms with Crippen molar-refractivity contribution >= 4 is 21.8 Å². The third kappa shape index (κ3) is 2.91. The van der Waals surface area contributed by atoms with Crippen LogP contribution in [0.15, 0.2) is 35.3 Å². The number of H-pyrrole nitrogens is 1. The summed E-state index contributed by atoms with van der Waals surface area (Å²) >= 11 is 0. The summed E-state index contributed by atoms with van der Waals surface area (Å²) in [7, 11) is 0. The minimum absolute atomic E-state index is 0.0759. The van der Waals surface area contributed by atoms with Gasteiger partial charge >= 0.3 is 0 Å². The van der Waals surface area contributed by atoms with E-state index in [0.717, 1.165) is 43.8 Å². The molecule has 3 rings (SSSR count). The average Bonchev–Trinajstić information content (AvgIpc) is 2.86. The summed E-state index contributed by atoms with van der Waals surface area (Å²) in [6.07, 6.45) is 3.06. The molecule has 0 radical (unpaired) electrons. The maximum atomic E-state index is 11.8. The first-order valence-electron chi connectivity index (χ1n) is 8.48. The number of hydrogen-bond donors (Lipinski definition) is 1. The Morgan fingerprint density at radius 3 is 2.65 bits per heavy atom. The largest absolute Gasteiger partial charge is 0.364 e. The lowest BCUT2D eigenvalue weighted by molar-refractivity contribution is 0.294. The van der Waals surface area contributed by atoms with Gasteiger partial charge in [-0.3, -0.25) is 4.79 Å². The van der Waals surface area contributed by atoms with E-state index < -0.39 is 0 Å². The first kappa shape index (κ1) is 15.8. The van der Waals surface area contributed by atoms with Crippen molar-refractivity contribution in [2.45, 2.75) is 33.7 Å². The first-order chi connectivity index (χ1) is 11.2. The van der Waals surface area contributed by atoms with Gasteiger partial charge in [0.25, 0.3) is 0 Å². The molecule has 2 heterocycles. The summed E-state index contributed by atoms with van der Waals surface area (Å²) in [5, 5.41) is 2.39. The molecule has 0 bridgehead atoms. The number of nitrogens with one attached hydrogen (secondary N) is 1. The van der Waals surface area contributed by atoms with E-state index in [4.69, 9.17) is 0 Å². The Hall–Kier alpha value is -2.07. The van der Waals surface area contributed by atoms with Crippen LogP contribution in [0.5, 0.6) is 0 Å². The zero-order chi connectivity index (χ0) is 16.4. The highest BCUT2D eigenvalue weighted by atomic mass is 16.1. The van der Waals surface area contributed by atoms with Crippen LogP contribution in [-0.2, 0) is 6.54 Å². The van der Waals surface area contributed by atoms with E-state index in [9.17, 15) is 4.79 Å². The molecule has 0 saturated carbocycles. The molecular weight excluding hydrogens is 286 g/mol.